The molecule has 0 saturated heterocycles. The molecule has 3 aromatic rings. The van der Waals surface area contributed by atoms with Crippen molar-refractivity contribution in [2.75, 3.05) is 17.6 Å². The first-order chi connectivity index (χ1) is 13.5. The SMILES string of the molecule is Bc1cccc(NC(=O)CN(C(=O)Cn2ncc3c(N)ncnc32)C2CC2)n1. The van der Waals surface area contributed by atoms with Crippen LogP contribution in [0.1, 0.15) is 12.8 Å². The molecule has 10 nitrogen and oxygen atoms in total. The Morgan fingerprint density at radius 2 is 2.14 bits per heavy atom. The number of hydrogen-bond donors (Lipinski definition) is 2. The lowest BCUT2D eigenvalue weighted by atomic mass is 10.0. The molecule has 11 heteroatoms. The molecule has 1 aliphatic carbocycles. The molecule has 4 rings (SSSR count). The van der Waals surface area contributed by atoms with Gasteiger partial charge >= 0.3 is 0 Å². The van der Waals surface area contributed by atoms with E-state index in [1.165, 1.54) is 17.2 Å². The number of nitrogens with one attached hydrogen (secondary N) is 1. The molecule has 3 aromatic heterocycles. The van der Waals surface area contributed by atoms with Gasteiger partial charge in [-0.15, -0.1) is 0 Å². The number of amides is 2. The summed E-state index contributed by atoms with van der Waals surface area (Å²) in [6, 6.07) is 5.46. The zero-order valence-corrected chi connectivity index (χ0v) is 15.4. The van der Waals surface area contributed by atoms with Gasteiger partial charge in [-0.2, -0.15) is 5.10 Å². The first-order valence-corrected chi connectivity index (χ1v) is 8.96. The Balaban J connectivity index is 1.46. The highest BCUT2D eigenvalue weighted by atomic mass is 16.2. The number of pyridine rings is 1. The van der Waals surface area contributed by atoms with Gasteiger partial charge in [0.05, 0.1) is 11.6 Å². The van der Waals surface area contributed by atoms with Crippen molar-refractivity contribution in [1.29, 1.82) is 0 Å². The van der Waals surface area contributed by atoms with Gasteiger partial charge in [-0.05, 0) is 24.5 Å². The number of carbonyl (C=O) groups is 2. The molecule has 3 N–H and O–H groups in total. The number of nitrogens with zero attached hydrogens (tertiary/aromatic N) is 6. The van der Waals surface area contributed by atoms with E-state index in [4.69, 9.17) is 5.73 Å². The van der Waals surface area contributed by atoms with E-state index in [9.17, 15) is 9.59 Å². The predicted octanol–water partition coefficient (Wildman–Crippen LogP) is -1.31. The van der Waals surface area contributed by atoms with Crippen LogP contribution >= 0.6 is 0 Å². The van der Waals surface area contributed by atoms with Crippen LogP contribution in [0.3, 0.4) is 0 Å². The lowest BCUT2D eigenvalue weighted by Crippen LogP contribution is -2.41. The molecule has 28 heavy (non-hydrogen) atoms. The first kappa shape index (κ1) is 17.9. The van der Waals surface area contributed by atoms with E-state index in [0.717, 1.165) is 18.4 Å². The highest BCUT2D eigenvalue weighted by molar-refractivity contribution is 6.30. The minimum atomic E-state index is -0.282. The minimum absolute atomic E-state index is 0.0214. The molecule has 1 aliphatic rings. The van der Waals surface area contributed by atoms with E-state index in [0.29, 0.717) is 22.7 Å². The van der Waals surface area contributed by atoms with Crippen LogP contribution in [0.15, 0.2) is 30.7 Å². The van der Waals surface area contributed by atoms with E-state index in [1.807, 2.05) is 20.0 Å². The van der Waals surface area contributed by atoms with E-state index < -0.39 is 0 Å². The second-order valence-corrected chi connectivity index (χ2v) is 6.76. The number of nitrogen functional groups attached to an aromatic ring is 1. The molecule has 0 aromatic carbocycles. The van der Waals surface area contributed by atoms with Crippen LogP contribution in [-0.4, -0.2) is 61.9 Å². The smallest absolute Gasteiger partial charge is 0.245 e. The minimum Gasteiger partial charge on any atom is -0.383 e. The second-order valence-electron chi connectivity index (χ2n) is 6.76. The number of fused-ring (bicyclic) bond motifs is 1. The van der Waals surface area contributed by atoms with Crippen LogP contribution < -0.4 is 16.6 Å². The summed E-state index contributed by atoms with van der Waals surface area (Å²) in [5.74, 6) is 0.304. The van der Waals surface area contributed by atoms with Gasteiger partial charge in [0, 0.05) is 6.04 Å². The summed E-state index contributed by atoms with van der Waals surface area (Å²) in [7, 11) is 1.85. The van der Waals surface area contributed by atoms with Crippen molar-refractivity contribution >= 4 is 47.9 Å². The van der Waals surface area contributed by atoms with Gasteiger partial charge < -0.3 is 16.0 Å². The van der Waals surface area contributed by atoms with E-state index in [2.05, 4.69) is 25.4 Å². The van der Waals surface area contributed by atoms with Gasteiger partial charge in [0.25, 0.3) is 0 Å². The number of hydrogen-bond acceptors (Lipinski definition) is 7. The van der Waals surface area contributed by atoms with Crippen molar-refractivity contribution in [3.05, 3.63) is 30.7 Å². The van der Waals surface area contributed by atoms with Crippen molar-refractivity contribution in [3.63, 3.8) is 0 Å². The van der Waals surface area contributed by atoms with Crippen LogP contribution in [0, 0.1) is 0 Å². The van der Waals surface area contributed by atoms with Crippen molar-refractivity contribution in [1.82, 2.24) is 29.6 Å². The summed E-state index contributed by atoms with van der Waals surface area (Å²) >= 11 is 0. The van der Waals surface area contributed by atoms with Gasteiger partial charge in [0.2, 0.25) is 11.8 Å². The third-order valence-electron chi connectivity index (χ3n) is 4.53. The fourth-order valence-corrected chi connectivity index (χ4v) is 3.00. The highest BCUT2D eigenvalue weighted by Gasteiger charge is 2.34. The zero-order valence-electron chi connectivity index (χ0n) is 15.4. The molecule has 1 fully saturated rings. The third kappa shape index (κ3) is 3.78. The number of anilines is 2. The van der Waals surface area contributed by atoms with Crippen LogP contribution in [0.25, 0.3) is 11.0 Å². The molecular formula is C17H19BN8O2. The maximum absolute atomic E-state index is 12.9. The molecular weight excluding hydrogens is 359 g/mol. The van der Waals surface area contributed by atoms with E-state index in [-0.39, 0.29) is 30.9 Å². The van der Waals surface area contributed by atoms with Gasteiger partial charge in [0.15, 0.2) is 13.5 Å². The van der Waals surface area contributed by atoms with Gasteiger partial charge in [-0.25, -0.2) is 19.6 Å². The Morgan fingerprint density at radius 1 is 1.32 bits per heavy atom. The molecule has 0 unspecified atom stereocenters. The summed E-state index contributed by atoms with van der Waals surface area (Å²) < 4.78 is 1.48. The lowest BCUT2D eigenvalue weighted by molar-refractivity contribution is -0.135. The molecule has 142 valence electrons. The summed E-state index contributed by atoms with van der Waals surface area (Å²) in [6.07, 6.45) is 4.64. The second kappa shape index (κ2) is 7.26. The monoisotopic (exact) mass is 378 g/mol. The molecule has 0 bridgehead atoms. The quantitative estimate of drug-likeness (QED) is 0.509. The van der Waals surface area contributed by atoms with Crippen molar-refractivity contribution in [2.45, 2.75) is 25.4 Å². The maximum atomic E-state index is 12.9. The van der Waals surface area contributed by atoms with Crippen molar-refractivity contribution < 1.29 is 9.59 Å². The summed E-state index contributed by atoms with van der Waals surface area (Å²) in [5, 5.41) is 7.53. The number of aromatic nitrogens is 5. The Morgan fingerprint density at radius 3 is 2.89 bits per heavy atom. The average Bonchev–Trinajstić information content (AvgIpc) is 3.41. The van der Waals surface area contributed by atoms with E-state index in [1.54, 1.807) is 11.0 Å². The first-order valence-electron chi connectivity index (χ1n) is 8.96. The summed E-state index contributed by atoms with van der Waals surface area (Å²) in [5.41, 5.74) is 7.11. The van der Waals surface area contributed by atoms with Crippen LogP contribution in [-0.2, 0) is 16.1 Å². The van der Waals surface area contributed by atoms with Gasteiger partial charge in [-0.3, -0.25) is 9.59 Å². The maximum Gasteiger partial charge on any atom is 0.245 e. The molecule has 1 saturated carbocycles. The summed E-state index contributed by atoms with van der Waals surface area (Å²) in [4.78, 5) is 39.2. The molecule has 0 atom stereocenters. The van der Waals surface area contributed by atoms with Crippen molar-refractivity contribution in [2.24, 2.45) is 0 Å². The number of nitrogens with two attached hydrogens (primary N) is 1. The molecule has 0 radical (unpaired) electrons. The topological polar surface area (TPSA) is 132 Å². The Hall–Kier alpha value is -3.50. The van der Waals surface area contributed by atoms with Crippen LogP contribution in [0.5, 0.6) is 0 Å². The molecule has 3 heterocycles. The number of rotatable bonds is 6. The lowest BCUT2D eigenvalue weighted by Gasteiger charge is -2.22. The Bertz CT molecular complexity index is 1050. The number of carbonyl (C=O) groups excluding carboxylic acids is 2. The Kier molecular flexibility index (Phi) is 4.64. The van der Waals surface area contributed by atoms with Crippen LogP contribution in [0.2, 0.25) is 0 Å². The normalized spacial score (nSPS) is 13.4. The fraction of sp³-hybridized carbons (Fsp3) is 0.294. The third-order valence-corrected chi connectivity index (χ3v) is 4.53. The molecule has 0 aliphatic heterocycles. The Labute approximate surface area is 161 Å². The standard InChI is InChI=1S/C17H19BN8O2/c18-12-2-1-3-13(23-12)24-14(27)7-25(10-4-5-10)15(28)8-26-17-11(6-22-26)16(19)20-9-21-17/h1-3,6,9-10H,4-5,7-8,18H2,(H2,19,20,21)(H,23,24,27). The van der Waals surface area contributed by atoms with Crippen LogP contribution in [0.4, 0.5) is 11.6 Å². The summed E-state index contributed by atoms with van der Waals surface area (Å²) in [6.45, 7) is -0.0537. The molecule has 0 spiro atoms. The predicted molar refractivity (Wildman–Crippen MR) is 106 cm³/mol. The van der Waals surface area contributed by atoms with E-state index >= 15 is 0 Å². The molecule has 2 amide bonds. The fourth-order valence-electron chi connectivity index (χ4n) is 3.00. The van der Waals surface area contributed by atoms with Gasteiger partial charge in [0.1, 0.15) is 31.1 Å². The van der Waals surface area contributed by atoms with Gasteiger partial charge in [-0.1, -0.05) is 12.1 Å². The highest BCUT2D eigenvalue weighted by Crippen LogP contribution is 2.27. The zero-order chi connectivity index (χ0) is 19.7. The van der Waals surface area contributed by atoms with Crippen molar-refractivity contribution in [3.8, 4) is 0 Å². The largest absolute Gasteiger partial charge is 0.383 e. The average molecular weight is 378 g/mol.